The highest BCUT2D eigenvalue weighted by Gasteiger charge is 2.32. The van der Waals surface area contributed by atoms with E-state index in [1.54, 1.807) is 0 Å². The lowest BCUT2D eigenvalue weighted by Gasteiger charge is -2.37. The summed E-state index contributed by atoms with van der Waals surface area (Å²) in [5.74, 6) is 0.491. The average Bonchev–Trinajstić information content (AvgIpc) is 2.28. The highest BCUT2D eigenvalue weighted by Crippen LogP contribution is 2.32. The van der Waals surface area contributed by atoms with E-state index in [9.17, 15) is 10.2 Å². The number of rotatable bonds is 2. The normalized spacial score (nSPS) is 43.7. The third kappa shape index (κ3) is 3.30. The van der Waals surface area contributed by atoms with Crippen molar-refractivity contribution < 1.29 is 14.9 Å². The molecule has 2 fully saturated rings. The molecular formula is C14H24O3. The predicted octanol–water partition coefficient (Wildman–Crippen LogP) is 2.02. The molecule has 4 unspecified atom stereocenters. The van der Waals surface area contributed by atoms with Gasteiger partial charge in [0.2, 0.25) is 0 Å². The number of ether oxygens (including phenoxy) is 1. The summed E-state index contributed by atoms with van der Waals surface area (Å²) in [6.07, 6.45) is 4.58. The standard InChI is InChI=1S/C14H24O3/c1-9-3-5-11(15)7-13(9)17-14-8-12(16)6-4-10(14)2/h10-16H,1,3-8H2,2H3/t10-,11?,12?,13?,14?/m0/s1. The fraction of sp³-hybridized carbons (Fsp3) is 0.857. The molecule has 0 aromatic rings. The molecular weight excluding hydrogens is 216 g/mol. The van der Waals surface area contributed by atoms with Gasteiger partial charge in [0.1, 0.15) is 0 Å². The first-order valence-corrected chi connectivity index (χ1v) is 6.75. The van der Waals surface area contributed by atoms with Crippen LogP contribution in [-0.2, 0) is 4.74 Å². The predicted molar refractivity (Wildman–Crippen MR) is 66.7 cm³/mol. The summed E-state index contributed by atoms with van der Waals surface area (Å²) in [7, 11) is 0. The molecule has 2 rings (SSSR count). The lowest BCUT2D eigenvalue weighted by atomic mass is 9.85. The van der Waals surface area contributed by atoms with Gasteiger partial charge in [-0.1, -0.05) is 13.5 Å². The first kappa shape index (κ1) is 13.1. The average molecular weight is 240 g/mol. The fourth-order valence-corrected chi connectivity index (χ4v) is 2.86. The molecule has 2 aliphatic rings. The van der Waals surface area contributed by atoms with E-state index in [0.717, 1.165) is 37.7 Å². The van der Waals surface area contributed by atoms with Crippen molar-refractivity contribution in [2.45, 2.75) is 69.9 Å². The van der Waals surface area contributed by atoms with E-state index >= 15 is 0 Å². The van der Waals surface area contributed by atoms with E-state index in [4.69, 9.17) is 4.74 Å². The van der Waals surface area contributed by atoms with Crippen molar-refractivity contribution in [3.8, 4) is 0 Å². The van der Waals surface area contributed by atoms with Gasteiger partial charge in [0.15, 0.2) is 0 Å². The van der Waals surface area contributed by atoms with Crippen LogP contribution in [0.5, 0.6) is 0 Å². The minimum absolute atomic E-state index is 0.0171. The van der Waals surface area contributed by atoms with Gasteiger partial charge in [-0.05, 0) is 43.6 Å². The van der Waals surface area contributed by atoms with Crippen molar-refractivity contribution in [3.63, 3.8) is 0 Å². The Hall–Kier alpha value is -0.380. The molecule has 2 aliphatic carbocycles. The molecule has 0 heterocycles. The number of aliphatic hydroxyl groups is 2. The molecule has 0 bridgehead atoms. The lowest BCUT2D eigenvalue weighted by molar-refractivity contribution is -0.0871. The summed E-state index contributed by atoms with van der Waals surface area (Å²) in [5, 5.41) is 19.4. The highest BCUT2D eigenvalue weighted by atomic mass is 16.5. The Morgan fingerprint density at radius 2 is 1.82 bits per heavy atom. The maximum atomic E-state index is 9.69. The van der Waals surface area contributed by atoms with Crippen LogP contribution in [0.2, 0.25) is 0 Å². The van der Waals surface area contributed by atoms with Crippen LogP contribution in [0.1, 0.15) is 45.4 Å². The first-order valence-electron chi connectivity index (χ1n) is 6.75. The van der Waals surface area contributed by atoms with E-state index in [-0.39, 0.29) is 24.4 Å². The van der Waals surface area contributed by atoms with Crippen LogP contribution < -0.4 is 0 Å². The van der Waals surface area contributed by atoms with Crippen LogP contribution >= 0.6 is 0 Å². The molecule has 0 saturated heterocycles. The Morgan fingerprint density at radius 1 is 1.12 bits per heavy atom. The zero-order valence-corrected chi connectivity index (χ0v) is 10.6. The molecule has 0 aliphatic heterocycles. The van der Waals surface area contributed by atoms with Crippen molar-refractivity contribution in [2.75, 3.05) is 0 Å². The van der Waals surface area contributed by atoms with Crippen molar-refractivity contribution in [2.24, 2.45) is 5.92 Å². The fourth-order valence-electron chi connectivity index (χ4n) is 2.86. The van der Waals surface area contributed by atoms with Crippen LogP contribution in [0.25, 0.3) is 0 Å². The topological polar surface area (TPSA) is 49.7 Å². The number of aliphatic hydroxyl groups excluding tert-OH is 2. The lowest BCUT2D eigenvalue weighted by Crippen LogP contribution is -2.38. The number of hydrogen-bond acceptors (Lipinski definition) is 3. The first-order chi connectivity index (χ1) is 8.06. The highest BCUT2D eigenvalue weighted by molar-refractivity contribution is 5.07. The smallest absolute Gasteiger partial charge is 0.0810 e. The summed E-state index contributed by atoms with van der Waals surface area (Å²) in [5.41, 5.74) is 1.10. The zero-order valence-electron chi connectivity index (χ0n) is 10.6. The third-order valence-electron chi connectivity index (χ3n) is 4.17. The Labute approximate surface area is 103 Å². The number of hydrogen-bond donors (Lipinski definition) is 2. The third-order valence-corrected chi connectivity index (χ3v) is 4.17. The Balaban J connectivity index is 1.92. The molecule has 2 N–H and O–H groups in total. The van der Waals surface area contributed by atoms with E-state index in [1.165, 1.54) is 0 Å². The monoisotopic (exact) mass is 240 g/mol. The van der Waals surface area contributed by atoms with Gasteiger partial charge in [-0.2, -0.15) is 0 Å². The Kier molecular flexibility index (Phi) is 4.23. The molecule has 98 valence electrons. The van der Waals surface area contributed by atoms with Gasteiger partial charge in [-0.25, -0.2) is 0 Å². The summed E-state index contributed by atoms with van der Waals surface area (Å²) >= 11 is 0. The van der Waals surface area contributed by atoms with Crippen LogP contribution in [0.15, 0.2) is 12.2 Å². The maximum absolute atomic E-state index is 9.69. The van der Waals surface area contributed by atoms with Crippen molar-refractivity contribution in [3.05, 3.63) is 12.2 Å². The van der Waals surface area contributed by atoms with Gasteiger partial charge in [0.05, 0.1) is 24.4 Å². The second kappa shape index (κ2) is 5.51. The molecule has 0 amide bonds. The molecule has 0 radical (unpaired) electrons. The summed E-state index contributed by atoms with van der Waals surface area (Å²) in [6, 6.07) is 0. The van der Waals surface area contributed by atoms with Crippen LogP contribution in [0.3, 0.4) is 0 Å². The van der Waals surface area contributed by atoms with Gasteiger partial charge in [-0.15, -0.1) is 0 Å². The largest absolute Gasteiger partial charge is 0.393 e. The second-order valence-corrected chi connectivity index (χ2v) is 5.69. The van der Waals surface area contributed by atoms with Crippen molar-refractivity contribution >= 4 is 0 Å². The van der Waals surface area contributed by atoms with E-state index in [0.29, 0.717) is 12.3 Å². The second-order valence-electron chi connectivity index (χ2n) is 5.69. The van der Waals surface area contributed by atoms with Crippen molar-refractivity contribution in [1.82, 2.24) is 0 Å². The molecule has 0 aromatic heterocycles. The molecule has 17 heavy (non-hydrogen) atoms. The minimum Gasteiger partial charge on any atom is -0.393 e. The van der Waals surface area contributed by atoms with Crippen LogP contribution in [0.4, 0.5) is 0 Å². The molecule has 0 spiro atoms. The Morgan fingerprint density at radius 3 is 2.59 bits per heavy atom. The summed E-state index contributed by atoms with van der Waals surface area (Å²) in [6.45, 7) is 6.22. The molecule has 3 heteroatoms. The van der Waals surface area contributed by atoms with Crippen LogP contribution in [0, 0.1) is 5.92 Å². The molecule has 2 saturated carbocycles. The van der Waals surface area contributed by atoms with E-state index < -0.39 is 0 Å². The van der Waals surface area contributed by atoms with Crippen molar-refractivity contribution in [1.29, 1.82) is 0 Å². The SMILES string of the molecule is C=C1CCC(O)CC1OC1CC(O)CC[C@@H]1C. The zero-order chi connectivity index (χ0) is 12.4. The van der Waals surface area contributed by atoms with Gasteiger partial charge in [-0.3, -0.25) is 0 Å². The van der Waals surface area contributed by atoms with Gasteiger partial charge in [0, 0.05) is 6.42 Å². The summed E-state index contributed by atoms with van der Waals surface area (Å²) < 4.78 is 6.08. The van der Waals surface area contributed by atoms with Gasteiger partial charge >= 0.3 is 0 Å². The molecule has 5 atom stereocenters. The Bertz CT molecular complexity index is 277. The molecule has 0 aromatic carbocycles. The van der Waals surface area contributed by atoms with E-state index in [2.05, 4.69) is 13.5 Å². The quantitative estimate of drug-likeness (QED) is 0.726. The molecule has 3 nitrogen and oxygen atoms in total. The van der Waals surface area contributed by atoms with Crippen LogP contribution in [-0.4, -0.2) is 34.6 Å². The van der Waals surface area contributed by atoms with E-state index in [1.807, 2.05) is 0 Å². The van der Waals surface area contributed by atoms with Gasteiger partial charge < -0.3 is 14.9 Å². The maximum Gasteiger partial charge on any atom is 0.0810 e. The minimum atomic E-state index is -0.255. The summed E-state index contributed by atoms with van der Waals surface area (Å²) in [4.78, 5) is 0. The van der Waals surface area contributed by atoms with Gasteiger partial charge in [0.25, 0.3) is 0 Å².